The first-order valence-corrected chi connectivity index (χ1v) is 12.4. The third-order valence-electron chi connectivity index (χ3n) is 6.28. The lowest BCUT2D eigenvalue weighted by molar-refractivity contribution is 0.0754. The van der Waals surface area contributed by atoms with E-state index in [-0.39, 0.29) is 10.8 Å². The number of hydrogen-bond donors (Lipinski definition) is 0. The molecule has 0 spiro atoms. The summed E-state index contributed by atoms with van der Waals surface area (Å²) in [5, 5.41) is 0. The number of likely N-dealkylation sites (tertiary alicyclic amines) is 1. The van der Waals surface area contributed by atoms with Crippen molar-refractivity contribution < 1.29 is 13.2 Å². The molecule has 30 heavy (non-hydrogen) atoms. The van der Waals surface area contributed by atoms with Crippen LogP contribution in [0, 0.1) is 0 Å². The van der Waals surface area contributed by atoms with Gasteiger partial charge in [0.05, 0.1) is 4.90 Å². The number of amides is 1. The van der Waals surface area contributed by atoms with Gasteiger partial charge in [0.15, 0.2) is 0 Å². The van der Waals surface area contributed by atoms with E-state index < -0.39 is 10.0 Å². The molecule has 2 heterocycles. The quantitative estimate of drug-likeness (QED) is 0.734. The second-order valence-electron chi connectivity index (χ2n) is 8.34. The molecule has 1 amide bonds. The Morgan fingerprint density at radius 1 is 0.800 bits per heavy atom. The Balaban J connectivity index is 1.49. The topological polar surface area (TPSA) is 57.7 Å². The monoisotopic (exact) mass is 426 g/mol. The molecule has 6 heteroatoms. The number of hydrogen-bond acceptors (Lipinski definition) is 3. The van der Waals surface area contributed by atoms with Gasteiger partial charge in [-0.05, 0) is 55.5 Å². The second-order valence-corrected chi connectivity index (χ2v) is 10.3. The van der Waals surface area contributed by atoms with E-state index in [1.807, 2.05) is 23.1 Å². The molecule has 2 aromatic carbocycles. The molecule has 0 radical (unpaired) electrons. The van der Waals surface area contributed by atoms with Gasteiger partial charge in [0, 0.05) is 37.7 Å². The molecular formula is C24H30N2O3S. The molecule has 1 unspecified atom stereocenters. The first-order valence-electron chi connectivity index (χ1n) is 11.0. The van der Waals surface area contributed by atoms with Crippen LogP contribution < -0.4 is 0 Å². The molecule has 0 saturated carbocycles. The minimum atomic E-state index is -3.47. The molecule has 2 aliphatic rings. The van der Waals surface area contributed by atoms with E-state index in [9.17, 15) is 13.2 Å². The van der Waals surface area contributed by atoms with Crippen molar-refractivity contribution in [1.29, 1.82) is 0 Å². The number of sulfonamides is 1. The number of nitrogens with zero attached hydrogens (tertiary/aromatic N) is 2. The van der Waals surface area contributed by atoms with E-state index in [4.69, 9.17) is 0 Å². The van der Waals surface area contributed by atoms with Crippen LogP contribution in [0.5, 0.6) is 0 Å². The van der Waals surface area contributed by atoms with Crippen molar-refractivity contribution in [2.24, 2.45) is 0 Å². The largest absolute Gasteiger partial charge is 0.338 e. The fourth-order valence-corrected chi connectivity index (χ4v) is 6.05. The van der Waals surface area contributed by atoms with Gasteiger partial charge in [0.1, 0.15) is 0 Å². The van der Waals surface area contributed by atoms with Crippen LogP contribution in [0.4, 0.5) is 0 Å². The summed E-state index contributed by atoms with van der Waals surface area (Å²) in [4.78, 5) is 15.4. The molecule has 5 nitrogen and oxygen atoms in total. The molecule has 0 bridgehead atoms. The summed E-state index contributed by atoms with van der Waals surface area (Å²) < 4.78 is 27.3. The summed E-state index contributed by atoms with van der Waals surface area (Å²) >= 11 is 0. The molecule has 2 fully saturated rings. The predicted octanol–water partition coefficient (Wildman–Crippen LogP) is 4.27. The fraction of sp³-hybridized carbons (Fsp3) is 0.458. The highest BCUT2D eigenvalue weighted by molar-refractivity contribution is 7.89. The summed E-state index contributed by atoms with van der Waals surface area (Å²) in [7, 11) is -3.47. The van der Waals surface area contributed by atoms with Gasteiger partial charge in [0.2, 0.25) is 10.0 Å². The van der Waals surface area contributed by atoms with Crippen LogP contribution in [0.25, 0.3) is 0 Å². The number of benzene rings is 2. The normalized spacial score (nSPS) is 21.2. The summed E-state index contributed by atoms with van der Waals surface area (Å²) in [5.41, 5.74) is 1.83. The number of rotatable bonds is 4. The van der Waals surface area contributed by atoms with Crippen molar-refractivity contribution in [3.05, 3.63) is 65.7 Å². The van der Waals surface area contributed by atoms with E-state index in [0.717, 1.165) is 45.1 Å². The number of piperidine rings is 1. The third kappa shape index (κ3) is 4.60. The molecule has 2 aromatic rings. The van der Waals surface area contributed by atoms with E-state index in [1.165, 1.54) is 5.56 Å². The first kappa shape index (κ1) is 21.1. The van der Waals surface area contributed by atoms with Gasteiger partial charge in [-0.15, -0.1) is 0 Å². The molecule has 2 aliphatic heterocycles. The highest BCUT2D eigenvalue weighted by Gasteiger charge is 2.27. The van der Waals surface area contributed by atoms with Crippen LogP contribution in [0.15, 0.2) is 59.5 Å². The Hall–Kier alpha value is -2.18. The zero-order chi connectivity index (χ0) is 21.0. The highest BCUT2D eigenvalue weighted by Crippen LogP contribution is 2.27. The molecule has 1 atom stereocenters. The van der Waals surface area contributed by atoms with Crippen LogP contribution in [-0.4, -0.2) is 49.7 Å². The smallest absolute Gasteiger partial charge is 0.253 e. The molecule has 160 valence electrons. The van der Waals surface area contributed by atoms with E-state index >= 15 is 0 Å². The zero-order valence-electron chi connectivity index (χ0n) is 17.4. The Labute approximate surface area is 179 Å². The maximum Gasteiger partial charge on any atom is 0.253 e. The van der Waals surface area contributed by atoms with E-state index in [0.29, 0.717) is 31.1 Å². The molecule has 0 aromatic heterocycles. The Morgan fingerprint density at radius 2 is 1.47 bits per heavy atom. The summed E-state index contributed by atoms with van der Waals surface area (Å²) in [6.07, 6.45) is 6.09. The van der Waals surface area contributed by atoms with Gasteiger partial charge in [0.25, 0.3) is 5.91 Å². The predicted molar refractivity (Wildman–Crippen MR) is 118 cm³/mol. The zero-order valence-corrected chi connectivity index (χ0v) is 18.2. The van der Waals surface area contributed by atoms with Crippen molar-refractivity contribution in [3.63, 3.8) is 0 Å². The van der Waals surface area contributed by atoms with Gasteiger partial charge in [-0.3, -0.25) is 4.79 Å². The molecule has 4 rings (SSSR count). The van der Waals surface area contributed by atoms with Crippen LogP contribution in [0.3, 0.4) is 0 Å². The minimum absolute atomic E-state index is 0.0141. The maximum absolute atomic E-state index is 13.2. The third-order valence-corrected chi connectivity index (χ3v) is 8.20. The average Bonchev–Trinajstić information content (AvgIpc) is 3.06. The van der Waals surface area contributed by atoms with Gasteiger partial charge < -0.3 is 4.90 Å². The van der Waals surface area contributed by atoms with Gasteiger partial charge in [-0.1, -0.05) is 43.2 Å². The summed E-state index contributed by atoms with van der Waals surface area (Å²) in [6.45, 7) is 2.61. The van der Waals surface area contributed by atoms with E-state index in [1.54, 1.807) is 28.6 Å². The second kappa shape index (κ2) is 9.31. The van der Waals surface area contributed by atoms with Gasteiger partial charge in [-0.2, -0.15) is 4.31 Å². The highest BCUT2D eigenvalue weighted by atomic mass is 32.2. The van der Waals surface area contributed by atoms with Crippen molar-refractivity contribution in [2.75, 3.05) is 26.2 Å². The van der Waals surface area contributed by atoms with Crippen LogP contribution in [-0.2, 0) is 10.0 Å². The average molecular weight is 427 g/mol. The Bertz CT molecular complexity index is 952. The standard InChI is InChI=1S/C24H30N2O3S/c27-24(25-16-8-5-11-22(19-25)20-9-3-1-4-10-20)21-12-14-23(15-13-21)30(28,29)26-17-6-2-7-18-26/h1,3-4,9-10,12-15,22H,2,5-8,11,16-19H2. The SMILES string of the molecule is O=C(c1ccc(S(=O)(=O)N2CCCCC2)cc1)N1CCCCC(c2ccccc2)C1. The summed E-state index contributed by atoms with van der Waals surface area (Å²) in [5.74, 6) is 0.330. The minimum Gasteiger partial charge on any atom is -0.338 e. The number of carbonyl (C=O) groups is 1. The van der Waals surface area contributed by atoms with Crippen molar-refractivity contribution in [2.45, 2.75) is 49.3 Å². The Morgan fingerprint density at radius 3 is 2.17 bits per heavy atom. The molecular weight excluding hydrogens is 396 g/mol. The summed E-state index contributed by atoms with van der Waals surface area (Å²) in [6, 6.07) is 16.9. The molecule has 2 saturated heterocycles. The number of carbonyl (C=O) groups excluding carboxylic acids is 1. The van der Waals surface area contributed by atoms with Gasteiger partial charge in [-0.25, -0.2) is 8.42 Å². The van der Waals surface area contributed by atoms with Gasteiger partial charge >= 0.3 is 0 Å². The Kier molecular flexibility index (Phi) is 6.54. The van der Waals surface area contributed by atoms with Crippen molar-refractivity contribution in [3.8, 4) is 0 Å². The van der Waals surface area contributed by atoms with Crippen molar-refractivity contribution in [1.82, 2.24) is 9.21 Å². The first-order chi connectivity index (χ1) is 14.6. The maximum atomic E-state index is 13.2. The lowest BCUT2D eigenvalue weighted by Crippen LogP contribution is -2.36. The molecule has 0 N–H and O–H groups in total. The van der Waals surface area contributed by atoms with Crippen molar-refractivity contribution >= 4 is 15.9 Å². The molecule has 0 aliphatic carbocycles. The fourth-order valence-electron chi connectivity index (χ4n) is 4.53. The van der Waals surface area contributed by atoms with Crippen LogP contribution >= 0.6 is 0 Å². The van der Waals surface area contributed by atoms with Crippen LogP contribution in [0.2, 0.25) is 0 Å². The lowest BCUT2D eigenvalue weighted by Gasteiger charge is -2.26. The van der Waals surface area contributed by atoms with E-state index in [2.05, 4.69) is 12.1 Å². The van der Waals surface area contributed by atoms with Crippen LogP contribution in [0.1, 0.15) is 60.4 Å². The lowest BCUT2D eigenvalue weighted by atomic mass is 9.94.